The molecular weight excluding hydrogens is 501 g/mol. The summed E-state index contributed by atoms with van der Waals surface area (Å²) in [6, 6.07) is 9.34. The number of hydrogen-bond acceptors (Lipinski definition) is 7. The Morgan fingerprint density at radius 3 is 2.44 bits per heavy atom. The SMILES string of the molecule is O=C(O)C1CC2CC2CC1c1nc(-c2cncc(F)c2)sc1-c1ccc(N2CCS(=O)(=O)CC2)cc1. The molecule has 1 saturated heterocycles. The van der Waals surface area contributed by atoms with Crippen molar-refractivity contribution >= 4 is 32.8 Å². The highest BCUT2D eigenvalue weighted by molar-refractivity contribution is 7.91. The van der Waals surface area contributed by atoms with E-state index in [9.17, 15) is 22.7 Å². The number of fused-ring (bicyclic) bond motifs is 1. The number of aliphatic carboxylic acids is 1. The van der Waals surface area contributed by atoms with Crippen LogP contribution in [0.15, 0.2) is 42.7 Å². The minimum absolute atomic E-state index is 0.152. The lowest BCUT2D eigenvalue weighted by Crippen LogP contribution is -2.40. The number of carbonyl (C=O) groups is 1. The van der Waals surface area contributed by atoms with Gasteiger partial charge in [-0.3, -0.25) is 9.78 Å². The Kier molecular flexibility index (Phi) is 5.83. The Morgan fingerprint density at radius 2 is 1.75 bits per heavy atom. The number of anilines is 1. The van der Waals surface area contributed by atoms with Gasteiger partial charge in [-0.2, -0.15) is 0 Å². The number of thiazole rings is 1. The first-order valence-electron chi connectivity index (χ1n) is 12.2. The summed E-state index contributed by atoms with van der Waals surface area (Å²) in [5, 5.41) is 10.6. The van der Waals surface area contributed by atoms with E-state index in [-0.39, 0.29) is 17.4 Å². The standard InChI is InChI=1S/C26H26FN3O4S2/c27-19-10-18(13-28-14-19)25-29-23(21-11-16-9-17(16)12-22(21)26(31)32)24(35-25)15-1-3-20(4-2-15)30-5-7-36(33,34)8-6-30/h1-4,10,13-14,16-17,21-22H,5-9,11-12H2,(H,31,32). The smallest absolute Gasteiger partial charge is 0.307 e. The quantitative estimate of drug-likeness (QED) is 0.523. The van der Waals surface area contributed by atoms with Gasteiger partial charge in [0.1, 0.15) is 10.8 Å². The van der Waals surface area contributed by atoms with Gasteiger partial charge in [-0.15, -0.1) is 11.3 Å². The van der Waals surface area contributed by atoms with Crippen LogP contribution in [0.4, 0.5) is 10.1 Å². The second-order valence-electron chi connectivity index (χ2n) is 10.1. The molecule has 2 aromatic heterocycles. The van der Waals surface area contributed by atoms with Crippen molar-refractivity contribution in [2.24, 2.45) is 17.8 Å². The van der Waals surface area contributed by atoms with Crippen molar-refractivity contribution in [3.8, 4) is 21.0 Å². The number of sulfone groups is 1. The fourth-order valence-corrected chi connectivity index (χ4v) is 8.00. The minimum atomic E-state index is -2.96. The number of carboxylic acids is 1. The highest BCUT2D eigenvalue weighted by atomic mass is 32.2. The third-order valence-corrected chi connectivity index (χ3v) is 10.6. The van der Waals surface area contributed by atoms with Crippen LogP contribution in [0.5, 0.6) is 0 Å². The van der Waals surface area contributed by atoms with Gasteiger partial charge in [-0.1, -0.05) is 12.1 Å². The molecule has 10 heteroatoms. The van der Waals surface area contributed by atoms with E-state index >= 15 is 0 Å². The largest absolute Gasteiger partial charge is 0.481 e. The molecule has 0 bridgehead atoms. The molecule has 7 nitrogen and oxygen atoms in total. The summed E-state index contributed by atoms with van der Waals surface area (Å²) in [4.78, 5) is 24.0. The van der Waals surface area contributed by atoms with Crippen LogP contribution in [-0.2, 0) is 14.6 Å². The molecule has 188 valence electrons. The van der Waals surface area contributed by atoms with E-state index in [0.717, 1.165) is 40.9 Å². The van der Waals surface area contributed by atoms with E-state index in [1.165, 1.54) is 17.4 Å². The second-order valence-corrected chi connectivity index (χ2v) is 13.4. The summed E-state index contributed by atoms with van der Waals surface area (Å²) in [5.41, 5.74) is 3.23. The maximum atomic E-state index is 13.9. The van der Waals surface area contributed by atoms with Crippen LogP contribution in [0.25, 0.3) is 21.0 Å². The summed E-state index contributed by atoms with van der Waals surface area (Å²) in [6.45, 7) is 0.935. The van der Waals surface area contributed by atoms with Crippen molar-refractivity contribution in [3.63, 3.8) is 0 Å². The lowest BCUT2D eigenvalue weighted by atomic mass is 9.77. The van der Waals surface area contributed by atoms with Gasteiger partial charge in [-0.25, -0.2) is 17.8 Å². The molecule has 4 atom stereocenters. The number of benzene rings is 1. The Bertz CT molecular complexity index is 1410. The highest BCUT2D eigenvalue weighted by Gasteiger charge is 2.50. The molecule has 3 aromatic rings. The zero-order valence-electron chi connectivity index (χ0n) is 19.5. The summed E-state index contributed by atoms with van der Waals surface area (Å²) in [7, 11) is -2.96. The van der Waals surface area contributed by atoms with Crippen molar-refractivity contribution in [2.75, 3.05) is 29.5 Å². The van der Waals surface area contributed by atoms with Gasteiger partial charge in [0, 0.05) is 36.5 Å². The molecule has 3 heterocycles. The van der Waals surface area contributed by atoms with Crippen LogP contribution in [0, 0.1) is 23.6 Å². The average molecular weight is 528 g/mol. The third kappa shape index (κ3) is 4.52. The molecule has 2 saturated carbocycles. The van der Waals surface area contributed by atoms with Crippen molar-refractivity contribution in [1.82, 2.24) is 9.97 Å². The zero-order chi connectivity index (χ0) is 25.0. The van der Waals surface area contributed by atoms with Gasteiger partial charge >= 0.3 is 5.97 Å². The van der Waals surface area contributed by atoms with Crippen LogP contribution in [-0.4, -0.2) is 54.1 Å². The lowest BCUT2D eigenvalue weighted by Gasteiger charge is -2.29. The third-order valence-electron chi connectivity index (χ3n) is 7.78. The molecule has 0 amide bonds. The monoisotopic (exact) mass is 527 g/mol. The number of halogens is 1. The van der Waals surface area contributed by atoms with Crippen molar-refractivity contribution < 1.29 is 22.7 Å². The summed E-state index contributed by atoms with van der Waals surface area (Å²) in [5.74, 6) is -0.545. The summed E-state index contributed by atoms with van der Waals surface area (Å²) >= 11 is 1.43. The average Bonchev–Trinajstić information content (AvgIpc) is 3.49. The van der Waals surface area contributed by atoms with Gasteiger partial charge in [0.25, 0.3) is 0 Å². The molecule has 1 aliphatic heterocycles. The van der Waals surface area contributed by atoms with Gasteiger partial charge in [0.15, 0.2) is 9.84 Å². The highest BCUT2D eigenvalue weighted by Crippen LogP contribution is 2.57. The summed E-state index contributed by atoms with van der Waals surface area (Å²) < 4.78 is 37.5. The number of pyridine rings is 1. The van der Waals surface area contributed by atoms with E-state index < -0.39 is 27.5 Å². The van der Waals surface area contributed by atoms with Gasteiger partial charge in [0.2, 0.25) is 0 Å². The fourth-order valence-electron chi connectivity index (χ4n) is 5.68. The van der Waals surface area contributed by atoms with Crippen molar-refractivity contribution in [3.05, 3.63) is 54.2 Å². The molecule has 4 unspecified atom stereocenters. The van der Waals surface area contributed by atoms with E-state index in [1.807, 2.05) is 24.3 Å². The Morgan fingerprint density at radius 1 is 1.03 bits per heavy atom. The van der Waals surface area contributed by atoms with Crippen LogP contribution in [0.3, 0.4) is 0 Å². The van der Waals surface area contributed by atoms with E-state index in [4.69, 9.17) is 4.98 Å². The van der Waals surface area contributed by atoms with Gasteiger partial charge in [-0.05, 0) is 54.9 Å². The summed E-state index contributed by atoms with van der Waals surface area (Å²) in [6.07, 6.45) is 5.29. The predicted molar refractivity (Wildman–Crippen MR) is 136 cm³/mol. The minimum Gasteiger partial charge on any atom is -0.481 e. The zero-order valence-corrected chi connectivity index (χ0v) is 21.1. The molecule has 0 radical (unpaired) electrons. The Hall–Kier alpha value is -2.85. The normalized spacial score (nSPS) is 26.9. The lowest BCUT2D eigenvalue weighted by molar-refractivity contribution is -0.143. The van der Waals surface area contributed by atoms with Crippen LogP contribution < -0.4 is 4.90 Å². The number of nitrogens with zero attached hydrogens (tertiary/aromatic N) is 3. The second kappa shape index (κ2) is 8.92. The number of aromatic nitrogens is 2. The van der Waals surface area contributed by atoms with Gasteiger partial charge in [0.05, 0.1) is 34.2 Å². The van der Waals surface area contributed by atoms with E-state index in [2.05, 4.69) is 9.88 Å². The fraction of sp³-hybridized carbons (Fsp3) is 0.423. The van der Waals surface area contributed by atoms with Crippen LogP contribution >= 0.6 is 11.3 Å². The van der Waals surface area contributed by atoms with Crippen LogP contribution in [0.2, 0.25) is 0 Å². The van der Waals surface area contributed by atoms with E-state index in [1.54, 1.807) is 6.20 Å². The molecule has 3 fully saturated rings. The Balaban J connectivity index is 1.38. The molecule has 1 aromatic carbocycles. The van der Waals surface area contributed by atoms with Gasteiger partial charge < -0.3 is 10.0 Å². The molecule has 1 N–H and O–H groups in total. The molecule has 6 rings (SSSR count). The van der Waals surface area contributed by atoms with Crippen molar-refractivity contribution in [2.45, 2.75) is 25.2 Å². The predicted octanol–water partition coefficient (Wildman–Crippen LogP) is 4.46. The van der Waals surface area contributed by atoms with E-state index in [0.29, 0.717) is 41.9 Å². The number of hydrogen-bond donors (Lipinski definition) is 1. The number of rotatable bonds is 5. The van der Waals surface area contributed by atoms with Crippen LogP contribution in [0.1, 0.15) is 30.9 Å². The Labute approximate surface area is 212 Å². The first-order valence-corrected chi connectivity index (χ1v) is 14.8. The maximum Gasteiger partial charge on any atom is 0.307 e. The maximum absolute atomic E-state index is 13.9. The topological polar surface area (TPSA) is 100 Å². The van der Waals surface area contributed by atoms with Crippen molar-refractivity contribution in [1.29, 1.82) is 0 Å². The number of carboxylic acid groups (broad SMARTS) is 1. The molecule has 0 spiro atoms. The first kappa shape index (κ1) is 23.5. The molecule has 36 heavy (non-hydrogen) atoms. The molecular formula is C26H26FN3O4S2. The molecule has 3 aliphatic rings. The first-order chi connectivity index (χ1) is 17.3. The molecule has 2 aliphatic carbocycles.